The van der Waals surface area contributed by atoms with Crippen molar-refractivity contribution in [3.63, 3.8) is 0 Å². The first-order valence-electron chi connectivity index (χ1n) is 7.30. The van der Waals surface area contributed by atoms with E-state index in [0.717, 1.165) is 31.4 Å². The number of methoxy groups -OCH3 is 1. The quantitative estimate of drug-likeness (QED) is 0.898. The van der Waals surface area contributed by atoms with Gasteiger partial charge in [0.15, 0.2) is 0 Å². The molecule has 20 heavy (non-hydrogen) atoms. The summed E-state index contributed by atoms with van der Waals surface area (Å²) in [6.07, 6.45) is 4.32. The van der Waals surface area contributed by atoms with Gasteiger partial charge in [0, 0.05) is 11.6 Å². The molecule has 0 amide bonds. The Labute approximate surface area is 120 Å². The Bertz CT molecular complexity index is 461. The van der Waals surface area contributed by atoms with E-state index in [2.05, 4.69) is 11.8 Å². The van der Waals surface area contributed by atoms with E-state index in [9.17, 15) is 9.90 Å². The molecule has 2 unspecified atom stereocenters. The van der Waals surface area contributed by atoms with E-state index in [4.69, 9.17) is 4.74 Å². The molecule has 4 heteroatoms. The minimum atomic E-state index is -0.796. The van der Waals surface area contributed by atoms with Crippen LogP contribution in [0.1, 0.15) is 44.2 Å². The normalized spacial score (nSPS) is 21.4. The van der Waals surface area contributed by atoms with Crippen LogP contribution in [0.4, 0.5) is 0 Å². The lowest BCUT2D eigenvalue weighted by molar-refractivity contribution is -0.145. The maximum atomic E-state index is 11.8. The van der Waals surface area contributed by atoms with Gasteiger partial charge in [-0.3, -0.25) is 9.69 Å². The third-order valence-electron chi connectivity index (χ3n) is 4.14. The van der Waals surface area contributed by atoms with Gasteiger partial charge in [-0.1, -0.05) is 31.5 Å². The van der Waals surface area contributed by atoms with E-state index in [1.165, 1.54) is 6.42 Å². The van der Waals surface area contributed by atoms with Gasteiger partial charge in [0.2, 0.25) is 0 Å². The molecular formula is C16H23NO3. The molecule has 1 saturated heterocycles. The molecule has 0 bridgehead atoms. The standard InChI is InChI=1S/C16H23NO3/c1-3-12-8-6-7-11-17(12)15(16(18)19)13-9-4-5-10-14(13)20-2/h4-5,9-10,12,15H,3,6-8,11H2,1-2H3,(H,18,19). The van der Waals surface area contributed by atoms with Crippen LogP contribution in [0.5, 0.6) is 5.75 Å². The van der Waals surface area contributed by atoms with Gasteiger partial charge in [-0.2, -0.15) is 0 Å². The summed E-state index contributed by atoms with van der Waals surface area (Å²) >= 11 is 0. The predicted octanol–water partition coefficient (Wildman–Crippen LogP) is 3.09. The van der Waals surface area contributed by atoms with Crippen LogP contribution < -0.4 is 4.74 Å². The SMILES string of the molecule is CCC1CCCCN1C(C(=O)O)c1ccccc1OC. The average molecular weight is 277 g/mol. The lowest BCUT2D eigenvalue weighted by atomic mass is 9.94. The topological polar surface area (TPSA) is 49.8 Å². The summed E-state index contributed by atoms with van der Waals surface area (Å²) in [6, 6.07) is 7.16. The highest BCUT2D eigenvalue weighted by molar-refractivity contribution is 5.76. The maximum Gasteiger partial charge on any atom is 0.325 e. The number of rotatable bonds is 5. The number of ether oxygens (including phenoxy) is 1. The minimum Gasteiger partial charge on any atom is -0.496 e. The third-order valence-corrected chi connectivity index (χ3v) is 4.14. The number of carboxylic acid groups (broad SMARTS) is 1. The Morgan fingerprint density at radius 1 is 1.45 bits per heavy atom. The highest BCUT2D eigenvalue weighted by atomic mass is 16.5. The van der Waals surface area contributed by atoms with E-state index in [1.807, 2.05) is 24.3 Å². The Balaban J connectivity index is 2.37. The molecule has 1 aliphatic heterocycles. The summed E-state index contributed by atoms with van der Waals surface area (Å²) in [4.78, 5) is 14.0. The number of nitrogens with zero attached hydrogens (tertiary/aromatic N) is 1. The second-order valence-electron chi connectivity index (χ2n) is 5.28. The molecule has 2 rings (SSSR count). The molecule has 0 spiro atoms. The van der Waals surface area contributed by atoms with Gasteiger partial charge in [0.1, 0.15) is 11.8 Å². The summed E-state index contributed by atoms with van der Waals surface area (Å²) in [6.45, 7) is 2.97. The lowest BCUT2D eigenvalue weighted by Crippen LogP contribution is -2.44. The molecule has 4 nitrogen and oxygen atoms in total. The molecule has 1 aromatic carbocycles. The highest BCUT2D eigenvalue weighted by Crippen LogP contribution is 2.34. The Kier molecular flexibility index (Phi) is 5.01. The first kappa shape index (κ1) is 14.9. The summed E-state index contributed by atoms with van der Waals surface area (Å²) in [5, 5.41) is 9.71. The molecule has 0 radical (unpaired) electrons. The number of aliphatic carboxylic acids is 1. The van der Waals surface area contributed by atoms with Gasteiger partial charge in [0.05, 0.1) is 7.11 Å². The van der Waals surface area contributed by atoms with Crippen molar-refractivity contribution >= 4 is 5.97 Å². The zero-order chi connectivity index (χ0) is 14.5. The van der Waals surface area contributed by atoms with Crippen molar-refractivity contribution in [2.75, 3.05) is 13.7 Å². The molecule has 1 heterocycles. The smallest absolute Gasteiger partial charge is 0.325 e. The Morgan fingerprint density at radius 3 is 2.85 bits per heavy atom. The van der Waals surface area contributed by atoms with Crippen LogP contribution in [0.15, 0.2) is 24.3 Å². The zero-order valence-electron chi connectivity index (χ0n) is 12.2. The molecule has 2 atom stereocenters. The van der Waals surface area contributed by atoms with Gasteiger partial charge in [-0.25, -0.2) is 0 Å². The summed E-state index contributed by atoms with van der Waals surface area (Å²) < 4.78 is 5.35. The third kappa shape index (κ3) is 2.96. The predicted molar refractivity (Wildman–Crippen MR) is 78.0 cm³/mol. The minimum absolute atomic E-state index is 0.342. The van der Waals surface area contributed by atoms with Crippen LogP contribution in [-0.4, -0.2) is 35.7 Å². The van der Waals surface area contributed by atoms with Gasteiger partial charge in [-0.05, 0) is 31.9 Å². The number of carboxylic acids is 1. The van der Waals surface area contributed by atoms with Crippen molar-refractivity contribution < 1.29 is 14.6 Å². The maximum absolute atomic E-state index is 11.8. The zero-order valence-corrected chi connectivity index (χ0v) is 12.2. The van der Waals surface area contributed by atoms with E-state index in [-0.39, 0.29) is 0 Å². The monoisotopic (exact) mass is 277 g/mol. The highest BCUT2D eigenvalue weighted by Gasteiger charge is 2.35. The van der Waals surface area contributed by atoms with Gasteiger partial charge >= 0.3 is 5.97 Å². The lowest BCUT2D eigenvalue weighted by Gasteiger charge is -2.39. The number of para-hydroxylation sites is 1. The Hall–Kier alpha value is -1.55. The Morgan fingerprint density at radius 2 is 2.20 bits per heavy atom. The van der Waals surface area contributed by atoms with Crippen molar-refractivity contribution in [1.29, 1.82) is 0 Å². The van der Waals surface area contributed by atoms with Crippen molar-refractivity contribution in [2.45, 2.75) is 44.7 Å². The second-order valence-corrected chi connectivity index (χ2v) is 5.28. The molecular weight excluding hydrogens is 254 g/mol. The van der Waals surface area contributed by atoms with Crippen molar-refractivity contribution in [1.82, 2.24) is 4.90 Å². The van der Waals surface area contributed by atoms with Crippen LogP contribution in [0.25, 0.3) is 0 Å². The molecule has 0 aromatic heterocycles. The van der Waals surface area contributed by atoms with Crippen molar-refractivity contribution in [2.24, 2.45) is 0 Å². The van der Waals surface area contributed by atoms with E-state index < -0.39 is 12.0 Å². The van der Waals surface area contributed by atoms with E-state index in [0.29, 0.717) is 11.8 Å². The number of hydrogen-bond donors (Lipinski definition) is 1. The van der Waals surface area contributed by atoms with Crippen LogP contribution in [0.2, 0.25) is 0 Å². The fraction of sp³-hybridized carbons (Fsp3) is 0.562. The number of piperidine rings is 1. The first-order chi connectivity index (χ1) is 9.69. The van der Waals surface area contributed by atoms with Crippen molar-refractivity contribution in [3.8, 4) is 5.75 Å². The van der Waals surface area contributed by atoms with Crippen LogP contribution in [0.3, 0.4) is 0 Å². The van der Waals surface area contributed by atoms with Crippen molar-refractivity contribution in [3.05, 3.63) is 29.8 Å². The molecule has 110 valence electrons. The average Bonchev–Trinajstić information content (AvgIpc) is 2.48. The van der Waals surface area contributed by atoms with Crippen LogP contribution in [-0.2, 0) is 4.79 Å². The summed E-state index contributed by atoms with van der Waals surface area (Å²) in [5.74, 6) is -0.143. The van der Waals surface area contributed by atoms with Crippen LogP contribution in [0, 0.1) is 0 Å². The number of likely N-dealkylation sites (tertiary alicyclic amines) is 1. The molecule has 1 fully saturated rings. The summed E-state index contributed by atoms with van der Waals surface area (Å²) in [5.41, 5.74) is 0.753. The molecule has 1 aliphatic rings. The number of benzene rings is 1. The van der Waals surface area contributed by atoms with Gasteiger partial charge in [-0.15, -0.1) is 0 Å². The first-order valence-corrected chi connectivity index (χ1v) is 7.30. The summed E-state index contributed by atoms with van der Waals surface area (Å²) in [7, 11) is 1.59. The van der Waals surface area contributed by atoms with Gasteiger partial charge < -0.3 is 9.84 Å². The fourth-order valence-corrected chi connectivity index (χ4v) is 3.15. The molecule has 0 aliphatic carbocycles. The largest absolute Gasteiger partial charge is 0.496 e. The van der Waals surface area contributed by atoms with Crippen LogP contribution >= 0.6 is 0 Å². The van der Waals surface area contributed by atoms with E-state index >= 15 is 0 Å². The number of hydrogen-bond acceptors (Lipinski definition) is 3. The van der Waals surface area contributed by atoms with Gasteiger partial charge in [0.25, 0.3) is 0 Å². The molecule has 0 saturated carbocycles. The number of carbonyl (C=O) groups is 1. The molecule has 1 N–H and O–H groups in total. The molecule has 1 aromatic rings. The second kappa shape index (κ2) is 6.75. The fourth-order valence-electron chi connectivity index (χ4n) is 3.15. The van der Waals surface area contributed by atoms with E-state index in [1.54, 1.807) is 7.11 Å².